The van der Waals surface area contributed by atoms with Crippen molar-refractivity contribution in [1.82, 2.24) is 15.3 Å². The Morgan fingerprint density at radius 2 is 1.96 bits per heavy atom. The minimum Gasteiger partial charge on any atom is -0.492 e. The van der Waals surface area contributed by atoms with Gasteiger partial charge >= 0.3 is 0 Å². The number of hydrogen-bond acceptors (Lipinski definition) is 4. The van der Waals surface area contributed by atoms with E-state index in [1.807, 2.05) is 0 Å². The van der Waals surface area contributed by atoms with Crippen molar-refractivity contribution in [2.24, 2.45) is 0 Å². The van der Waals surface area contributed by atoms with E-state index in [0.29, 0.717) is 10.9 Å². The molecule has 128 valence electrons. The number of rotatable bonds is 5. The highest BCUT2D eigenvalue weighted by Crippen LogP contribution is 2.15. The Bertz CT molecular complexity index is 988. The fourth-order valence-electron chi connectivity index (χ4n) is 2.18. The molecule has 0 saturated carbocycles. The van der Waals surface area contributed by atoms with Gasteiger partial charge in [0.2, 0.25) is 0 Å². The minimum absolute atomic E-state index is 0.0363. The lowest BCUT2D eigenvalue weighted by molar-refractivity contribution is 0.0936. The lowest BCUT2D eigenvalue weighted by Crippen LogP contribution is -2.31. The van der Waals surface area contributed by atoms with Crippen LogP contribution < -0.4 is 15.6 Å². The lowest BCUT2D eigenvalue weighted by Gasteiger charge is -2.08. The largest absolute Gasteiger partial charge is 0.492 e. The van der Waals surface area contributed by atoms with Gasteiger partial charge in [0.05, 0.1) is 17.4 Å². The van der Waals surface area contributed by atoms with Crippen LogP contribution in [0.1, 0.15) is 10.6 Å². The van der Waals surface area contributed by atoms with Crippen LogP contribution >= 0.6 is 0 Å². The van der Waals surface area contributed by atoms with Gasteiger partial charge in [0.15, 0.2) is 17.5 Å². The number of hydrogen-bond donors (Lipinski definition) is 2. The molecule has 6 nitrogen and oxygen atoms in total. The molecular weight excluding hydrogens is 332 g/mol. The maximum atomic E-state index is 13.0. The highest BCUT2D eigenvalue weighted by molar-refractivity contribution is 5.92. The second-order valence-electron chi connectivity index (χ2n) is 5.11. The van der Waals surface area contributed by atoms with E-state index in [1.165, 1.54) is 6.07 Å². The molecule has 0 bridgehead atoms. The van der Waals surface area contributed by atoms with Crippen LogP contribution in [0.25, 0.3) is 10.9 Å². The standard InChI is InChI=1S/C17H13F2N3O3/c18-12-6-5-10(9-13(12)19)25-8-7-20-17(24)15-21-14-4-2-1-3-11(14)16(23)22-15/h1-6,9H,7-8H2,(H,20,24)(H,21,22,23). The zero-order chi connectivity index (χ0) is 17.8. The first-order valence-electron chi connectivity index (χ1n) is 7.40. The first-order chi connectivity index (χ1) is 12.0. The monoisotopic (exact) mass is 345 g/mol. The molecule has 0 fully saturated rings. The number of carbonyl (C=O) groups excluding carboxylic acids is 1. The number of para-hydroxylation sites is 1. The van der Waals surface area contributed by atoms with E-state index in [-0.39, 0.29) is 24.7 Å². The first-order valence-corrected chi connectivity index (χ1v) is 7.40. The van der Waals surface area contributed by atoms with Crippen LogP contribution in [0.5, 0.6) is 5.75 Å². The summed E-state index contributed by atoms with van der Waals surface area (Å²) in [5.41, 5.74) is 0.00299. The molecule has 0 unspecified atom stereocenters. The summed E-state index contributed by atoms with van der Waals surface area (Å²) in [6, 6.07) is 9.81. The van der Waals surface area contributed by atoms with Crippen molar-refractivity contribution in [3.05, 3.63) is 70.3 Å². The molecule has 1 heterocycles. The van der Waals surface area contributed by atoms with Crippen molar-refractivity contribution in [2.75, 3.05) is 13.2 Å². The van der Waals surface area contributed by atoms with Crippen molar-refractivity contribution >= 4 is 16.8 Å². The Balaban J connectivity index is 1.59. The molecule has 0 atom stereocenters. The third kappa shape index (κ3) is 3.79. The zero-order valence-corrected chi connectivity index (χ0v) is 12.9. The van der Waals surface area contributed by atoms with Gasteiger partial charge in [-0.05, 0) is 24.3 Å². The van der Waals surface area contributed by atoms with Crippen LogP contribution in [0, 0.1) is 11.6 Å². The van der Waals surface area contributed by atoms with Crippen LogP contribution in [0.3, 0.4) is 0 Å². The second kappa shape index (κ2) is 7.08. The number of carbonyl (C=O) groups is 1. The number of fused-ring (bicyclic) bond motifs is 1. The summed E-state index contributed by atoms with van der Waals surface area (Å²) in [5.74, 6) is -2.52. The van der Waals surface area contributed by atoms with Crippen LogP contribution in [0.4, 0.5) is 8.78 Å². The van der Waals surface area contributed by atoms with E-state index in [0.717, 1.165) is 12.1 Å². The summed E-state index contributed by atoms with van der Waals surface area (Å²) >= 11 is 0. The van der Waals surface area contributed by atoms with Crippen LogP contribution in [0.2, 0.25) is 0 Å². The number of aromatic nitrogens is 2. The van der Waals surface area contributed by atoms with E-state index in [1.54, 1.807) is 24.3 Å². The average molecular weight is 345 g/mol. The van der Waals surface area contributed by atoms with Gasteiger partial charge in [0, 0.05) is 6.07 Å². The predicted octanol–water partition coefficient (Wildman–Crippen LogP) is 2.01. The Morgan fingerprint density at radius 1 is 1.16 bits per heavy atom. The topological polar surface area (TPSA) is 84.1 Å². The molecule has 0 radical (unpaired) electrons. The molecule has 1 aromatic heterocycles. The molecule has 2 aromatic carbocycles. The smallest absolute Gasteiger partial charge is 0.287 e. The fraction of sp³-hybridized carbons (Fsp3) is 0.118. The highest BCUT2D eigenvalue weighted by Gasteiger charge is 2.11. The second-order valence-corrected chi connectivity index (χ2v) is 5.11. The van der Waals surface area contributed by atoms with Gasteiger partial charge in [0.25, 0.3) is 11.5 Å². The van der Waals surface area contributed by atoms with Gasteiger partial charge in [-0.1, -0.05) is 12.1 Å². The molecule has 25 heavy (non-hydrogen) atoms. The molecule has 8 heteroatoms. The number of halogens is 2. The van der Waals surface area contributed by atoms with Gasteiger partial charge in [-0.2, -0.15) is 0 Å². The first kappa shape index (κ1) is 16.6. The van der Waals surface area contributed by atoms with Gasteiger partial charge < -0.3 is 15.0 Å². The van der Waals surface area contributed by atoms with Gasteiger partial charge in [-0.15, -0.1) is 0 Å². The molecule has 1 amide bonds. The van der Waals surface area contributed by atoms with Crippen molar-refractivity contribution in [3.8, 4) is 5.75 Å². The summed E-state index contributed by atoms with van der Waals surface area (Å²) in [6.45, 7) is 0.128. The molecular formula is C17H13F2N3O3. The number of H-pyrrole nitrogens is 1. The molecule has 0 saturated heterocycles. The molecule has 0 aliphatic carbocycles. The van der Waals surface area contributed by atoms with E-state index >= 15 is 0 Å². The van der Waals surface area contributed by atoms with Crippen molar-refractivity contribution in [1.29, 1.82) is 0 Å². The molecule has 3 aromatic rings. The summed E-state index contributed by atoms with van der Waals surface area (Å²) in [4.78, 5) is 30.5. The van der Waals surface area contributed by atoms with E-state index < -0.39 is 23.1 Å². The Kier molecular flexibility index (Phi) is 4.69. The normalized spacial score (nSPS) is 10.6. The van der Waals surface area contributed by atoms with Crippen molar-refractivity contribution in [2.45, 2.75) is 0 Å². The maximum absolute atomic E-state index is 13.0. The van der Waals surface area contributed by atoms with Gasteiger partial charge in [0.1, 0.15) is 12.4 Å². The Hall–Kier alpha value is -3.29. The number of nitrogens with one attached hydrogen (secondary N) is 2. The quantitative estimate of drug-likeness (QED) is 0.693. The third-order valence-corrected chi connectivity index (χ3v) is 3.38. The highest BCUT2D eigenvalue weighted by atomic mass is 19.2. The Morgan fingerprint density at radius 3 is 2.76 bits per heavy atom. The average Bonchev–Trinajstić information content (AvgIpc) is 2.61. The summed E-state index contributed by atoms with van der Waals surface area (Å²) in [5, 5.41) is 2.91. The minimum atomic E-state index is -1.01. The number of nitrogens with zero attached hydrogens (tertiary/aromatic N) is 1. The molecule has 3 rings (SSSR count). The molecule has 0 aliphatic heterocycles. The maximum Gasteiger partial charge on any atom is 0.287 e. The van der Waals surface area contributed by atoms with Gasteiger partial charge in [-0.3, -0.25) is 9.59 Å². The summed E-state index contributed by atoms with van der Waals surface area (Å²) in [7, 11) is 0. The molecule has 2 N–H and O–H groups in total. The molecule has 0 aliphatic rings. The van der Waals surface area contributed by atoms with Crippen LogP contribution in [0.15, 0.2) is 47.3 Å². The number of benzene rings is 2. The number of aromatic amines is 1. The summed E-state index contributed by atoms with van der Waals surface area (Å²) < 4.78 is 31.0. The van der Waals surface area contributed by atoms with Crippen LogP contribution in [-0.2, 0) is 0 Å². The molecule has 0 spiro atoms. The lowest BCUT2D eigenvalue weighted by atomic mass is 10.2. The van der Waals surface area contributed by atoms with E-state index in [9.17, 15) is 18.4 Å². The summed E-state index contributed by atoms with van der Waals surface area (Å²) in [6.07, 6.45) is 0. The predicted molar refractivity (Wildman–Crippen MR) is 86.5 cm³/mol. The Labute approximate surface area is 140 Å². The van der Waals surface area contributed by atoms with Crippen LogP contribution in [-0.4, -0.2) is 29.0 Å². The SMILES string of the molecule is O=C(NCCOc1ccc(F)c(F)c1)c1nc2ccccc2c(=O)[nH]1. The van der Waals surface area contributed by atoms with Gasteiger partial charge in [-0.25, -0.2) is 13.8 Å². The number of ether oxygens (including phenoxy) is 1. The number of amides is 1. The van der Waals surface area contributed by atoms with Crippen molar-refractivity contribution < 1.29 is 18.3 Å². The fourth-order valence-corrected chi connectivity index (χ4v) is 2.18. The zero-order valence-electron chi connectivity index (χ0n) is 12.9. The third-order valence-electron chi connectivity index (χ3n) is 3.38. The van der Waals surface area contributed by atoms with E-state index in [4.69, 9.17) is 4.74 Å². The van der Waals surface area contributed by atoms with E-state index in [2.05, 4.69) is 15.3 Å². The van der Waals surface area contributed by atoms with Crippen molar-refractivity contribution in [3.63, 3.8) is 0 Å².